The first kappa shape index (κ1) is 13.7. The molecule has 0 amide bonds. The van der Waals surface area contributed by atoms with Gasteiger partial charge in [0.05, 0.1) is 12.3 Å². The molecule has 2 aliphatic heterocycles. The molecule has 0 radical (unpaired) electrons. The number of para-hydroxylation sites is 1. The smallest absolute Gasteiger partial charge is 0.142 e. The second kappa shape index (κ2) is 6.49. The average molecular weight is 274 g/mol. The summed E-state index contributed by atoms with van der Waals surface area (Å²) < 4.78 is 6.13. The summed E-state index contributed by atoms with van der Waals surface area (Å²) in [5.41, 5.74) is 2.65. The van der Waals surface area contributed by atoms with E-state index < -0.39 is 0 Å². The molecule has 3 rings (SSSR count). The maximum absolute atomic E-state index is 6.13. The quantitative estimate of drug-likeness (QED) is 0.913. The fourth-order valence-corrected chi connectivity index (χ4v) is 3.28. The lowest BCUT2D eigenvalue weighted by Gasteiger charge is -2.31. The third-order valence-electron chi connectivity index (χ3n) is 4.67. The lowest BCUT2D eigenvalue weighted by Crippen LogP contribution is -2.35. The molecule has 2 heterocycles. The van der Waals surface area contributed by atoms with E-state index in [2.05, 4.69) is 35.3 Å². The van der Waals surface area contributed by atoms with Crippen LogP contribution in [0.4, 0.5) is 5.69 Å². The number of likely N-dealkylation sites (tertiary alicyclic amines) is 1. The highest BCUT2D eigenvalue weighted by Gasteiger charge is 2.20. The largest absolute Gasteiger partial charge is 0.491 e. The van der Waals surface area contributed by atoms with Crippen LogP contribution in [0.15, 0.2) is 18.2 Å². The Morgan fingerprint density at radius 1 is 1.30 bits per heavy atom. The van der Waals surface area contributed by atoms with Crippen molar-refractivity contribution in [1.29, 1.82) is 0 Å². The molecule has 2 aliphatic rings. The molecule has 0 aliphatic carbocycles. The van der Waals surface area contributed by atoms with Crippen LogP contribution in [0, 0.1) is 5.92 Å². The number of anilines is 1. The maximum Gasteiger partial charge on any atom is 0.142 e. The summed E-state index contributed by atoms with van der Waals surface area (Å²) in [5, 5.41) is 3.50. The van der Waals surface area contributed by atoms with Gasteiger partial charge in [-0.2, -0.15) is 0 Å². The number of hydrogen-bond donors (Lipinski definition) is 1. The topological polar surface area (TPSA) is 24.5 Å². The molecule has 1 N–H and O–H groups in total. The van der Waals surface area contributed by atoms with E-state index in [0.29, 0.717) is 0 Å². The minimum absolute atomic E-state index is 0.720. The predicted octanol–water partition coefficient (Wildman–Crippen LogP) is 3.16. The number of benzene rings is 1. The number of ether oxygens (including phenoxy) is 1. The van der Waals surface area contributed by atoms with Gasteiger partial charge < -0.3 is 15.0 Å². The van der Waals surface area contributed by atoms with E-state index in [1.807, 2.05) is 0 Å². The van der Waals surface area contributed by atoms with Crippen LogP contribution in [0.2, 0.25) is 0 Å². The minimum atomic E-state index is 0.720. The van der Waals surface area contributed by atoms with Gasteiger partial charge in [0.25, 0.3) is 0 Å². The molecule has 0 unspecified atom stereocenters. The molecule has 1 fully saturated rings. The normalized spacial score (nSPS) is 20.2. The summed E-state index contributed by atoms with van der Waals surface area (Å²) in [5.74, 6) is 1.78. The van der Waals surface area contributed by atoms with E-state index in [1.165, 1.54) is 56.6 Å². The monoisotopic (exact) mass is 274 g/mol. The van der Waals surface area contributed by atoms with E-state index >= 15 is 0 Å². The first-order valence-electron chi connectivity index (χ1n) is 8.07. The molecule has 0 aromatic heterocycles. The van der Waals surface area contributed by atoms with Crippen molar-refractivity contribution in [3.63, 3.8) is 0 Å². The van der Waals surface area contributed by atoms with E-state index in [-0.39, 0.29) is 0 Å². The molecule has 3 heteroatoms. The van der Waals surface area contributed by atoms with Crippen LogP contribution >= 0.6 is 0 Å². The third-order valence-corrected chi connectivity index (χ3v) is 4.67. The number of piperidine rings is 1. The standard InChI is InChI=1S/C17H26N2O/c1-2-19-11-8-14(9-12-19)13-20-16-7-3-5-15-6-4-10-18-17(15)16/h3,5,7,14,18H,2,4,6,8-13H2,1H3. The minimum Gasteiger partial charge on any atom is -0.491 e. The molecule has 0 atom stereocenters. The van der Waals surface area contributed by atoms with Gasteiger partial charge in [-0.1, -0.05) is 19.1 Å². The van der Waals surface area contributed by atoms with Crippen LogP contribution < -0.4 is 10.1 Å². The molecule has 0 saturated carbocycles. The number of rotatable bonds is 4. The van der Waals surface area contributed by atoms with Crippen molar-refractivity contribution in [3.8, 4) is 5.75 Å². The molecule has 1 saturated heterocycles. The molecule has 1 aromatic rings. The lowest BCUT2D eigenvalue weighted by molar-refractivity contribution is 0.146. The highest BCUT2D eigenvalue weighted by molar-refractivity contribution is 5.63. The van der Waals surface area contributed by atoms with E-state index in [1.54, 1.807) is 0 Å². The summed E-state index contributed by atoms with van der Waals surface area (Å²) in [6.07, 6.45) is 4.95. The zero-order valence-corrected chi connectivity index (χ0v) is 12.5. The SMILES string of the molecule is CCN1CCC(COc2cccc3c2NCCC3)CC1. The van der Waals surface area contributed by atoms with Crippen molar-refractivity contribution in [2.45, 2.75) is 32.6 Å². The molecular formula is C17H26N2O. The van der Waals surface area contributed by atoms with Crippen LogP contribution in [0.3, 0.4) is 0 Å². The summed E-state index contributed by atoms with van der Waals surface area (Å²) in [6.45, 7) is 7.84. The van der Waals surface area contributed by atoms with E-state index in [4.69, 9.17) is 4.74 Å². The Balaban J connectivity index is 1.56. The van der Waals surface area contributed by atoms with Gasteiger partial charge >= 0.3 is 0 Å². The van der Waals surface area contributed by atoms with Gasteiger partial charge in [-0.25, -0.2) is 0 Å². The van der Waals surface area contributed by atoms with Crippen molar-refractivity contribution in [1.82, 2.24) is 4.90 Å². The van der Waals surface area contributed by atoms with Gasteiger partial charge in [-0.3, -0.25) is 0 Å². The van der Waals surface area contributed by atoms with E-state index in [9.17, 15) is 0 Å². The van der Waals surface area contributed by atoms with Gasteiger partial charge in [0, 0.05) is 6.54 Å². The van der Waals surface area contributed by atoms with Crippen molar-refractivity contribution in [3.05, 3.63) is 23.8 Å². The van der Waals surface area contributed by atoms with Crippen molar-refractivity contribution in [2.24, 2.45) is 5.92 Å². The number of nitrogens with one attached hydrogen (secondary N) is 1. The van der Waals surface area contributed by atoms with Crippen LogP contribution in [0.1, 0.15) is 31.7 Å². The third kappa shape index (κ3) is 3.09. The number of nitrogens with zero attached hydrogens (tertiary/aromatic N) is 1. The van der Waals surface area contributed by atoms with Crippen LogP contribution in [0.25, 0.3) is 0 Å². The summed E-state index contributed by atoms with van der Waals surface area (Å²) in [6, 6.07) is 6.45. The Morgan fingerprint density at radius 2 is 2.15 bits per heavy atom. The van der Waals surface area contributed by atoms with Crippen LogP contribution in [0.5, 0.6) is 5.75 Å². The zero-order chi connectivity index (χ0) is 13.8. The van der Waals surface area contributed by atoms with Crippen LogP contribution in [-0.4, -0.2) is 37.7 Å². The first-order valence-corrected chi connectivity index (χ1v) is 8.07. The average Bonchev–Trinajstić information content (AvgIpc) is 2.53. The number of hydrogen-bond acceptors (Lipinski definition) is 3. The summed E-state index contributed by atoms with van der Waals surface area (Å²) in [7, 11) is 0. The zero-order valence-electron chi connectivity index (χ0n) is 12.5. The maximum atomic E-state index is 6.13. The van der Waals surface area contributed by atoms with Gasteiger partial charge in [-0.15, -0.1) is 0 Å². The molecule has 0 spiro atoms. The molecule has 3 nitrogen and oxygen atoms in total. The molecule has 110 valence electrons. The summed E-state index contributed by atoms with van der Waals surface area (Å²) in [4.78, 5) is 2.53. The molecule has 1 aromatic carbocycles. The first-order chi connectivity index (χ1) is 9.86. The highest BCUT2D eigenvalue weighted by Crippen LogP contribution is 2.32. The fourth-order valence-electron chi connectivity index (χ4n) is 3.28. The molecule has 20 heavy (non-hydrogen) atoms. The Kier molecular flexibility index (Phi) is 4.46. The van der Waals surface area contributed by atoms with Crippen molar-refractivity contribution in [2.75, 3.05) is 38.1 Å². The fraction of sp³-hybridized carbons (Fsp3) is 0.647. The van der Waals surface area contributed by atoms with Crippen molar-refractivity contribution < 1.29 is 4.74 Å². The van der Waals surface area contributed by atoms with Gasteiger partial charge in [0.2, 0.25) is 0 Å². The summed E-state index contributed by atoms with van der Waals surface area (Å²) >= 11 is 0. The number of fused-ring (bicyclic) bond motifs is 1. The van der Waals surface area contributed by atoms with Crippen molar-refractivity contribution >= 4 is 5.69 Å². The predicted molar refractivity (Wildman–Crippen MR) is 83.6 cm³/mol. The van der Waals surface area contributed by atoms with Gasteiger partial charge in [0.1, 0.15) is 5.75 Å². The lowest BCUT2D eigenvalue weighted by atomic mass is 9.98. The second-order valence-corrected chi connectivity index (χ2v) is 6.01. The van der Waals surface area contributed by atoms with E-state index in [0.717, 1.165) is 24.8 Å². The Labute approximate surface area is 122 Å². The van der Waals surface area contributed by atoms with Gasteiger partial charge in [0.15, 0.2) is 0 Å². The van der Waals surface area contributed by atoms with Gasteiger partial charge in [-0.05, 0) is 62.9 Å². The van der Waals surface area contributed by atoms with Crippen LogP contribution in [-0.2, 0) is 6.42 Å². The molecular weight excluding hydrogens is 248 g/mol. The number of aryl methyl sites for hydroxylation is 1. The second-order valence-electron chi connectivity index (χ2n) is 6.01. The highest BCUT2D eigenvalue weighted by atomic mass is 16.5. The Hall–Kier alpha value is -1.22. The Bertz CT molecular complexity index is 439. The Morgan fingerprint density at radius 3 is 2.95 bits per heavy atom. The molecule has 0 bridgehead atoms.